The van der Waals surface area contributed by atoms with Gasteiger partial charge in [-0.15, -0.1) is 0 Å². The van der Waals surface area contributed by atoms with Gasteiger partial charge in [-0.1, -0.05) is 119 Å². The number of carbonyl (C=O) groups excluding carboxylic acids is 5. The van der Waals surface area contributed by atoms with Crippen LogP contribution < -0.4 is 182 Å². The molecule has 0 fully saturated rings. The van der Waals surface area contributed by atoms with Crippen LogP contribution in [0.3, 0.4) is 0 Å². The van der Waals surface area contributed by atoms with Crippen molar-refractivity contribution in [2.45, 2.75) is 111 Å². The molecule has 22 heteroatoms. The Hall–Kier alpha value is -1.59. The number of ether oxygens (including phenoxy) is 4. The molecule has 6 rings (SSSR count). The van der Waals surface area contributed by atoms with Crippen molar-refractivity contribution in [2.24, 2.45) is 0 Å². The fourth-order valence-corrected chi connectivity index (χ4v) is 7.79. The van der Waals surface area contributed by atoms with Gasteiger partial charge >= 0.3 is 156 Å². The molecule has 0 saturated heterocycles. The van der Waals surface area contributed by atoms with Crippen molar-refractivity contribution in [1.82, 2.24) is 0 Å². The molecule has 0 aliphatic heterocycles. The number of rotatable bonds is 14. The minimum Gasteiger partial charge on any atom is -1.00 e. The van der Waals surface area contributed by atoms with Crippen LogP contribution in [0.25, 0.3) is 21.5 Å². The molecule has 0 aliphatic carbocycles. The topological polar surface area (TPSA) is 194 Å². The molecule has 0 heterocycles. The first-order chi connectivity index (χ1) is 34.5. The van der Waals surface area contributed by atoms with Gasteiger partial charge in [-0.25, -0.2) is 9.59 Å². The normalized spacial score (nSPS) is 10.8. The Kier molecular flexibility index (Phi) is 42.8. The minimum absolute atomic E-state index is 0. The summed E-state index contributed by atoms with van der Waals surface area (Å²) in [5.74, 6) is -0.548. The molecular weight excluding hydrogens is 1280 g/mol. The Morgan fingerprint density at radius 1 is 0.654 bits per heavy atom. The zero-order chi connectivity index (χ0) is 54.3. The van der Waals surface area contributed by atoms with Crippen LogP contribution in [0.5, 0.6) is 0 Å². The van der Waals surface area contributed by atoms with Crippen LogP contribution >= 0.6 is 39.1 Å². The molecule has 6 aromatic carbocycles. The van der Waals surface area contributed by atoms with Gasteiger partial charge in [-0.3, -0.25) is 25.0 Å². The van der Waals surface area contributed by atoms with Crippen LogP contribution in [0.4, 0.5) is 32.3 Å². The molecule has 2 atom stereocenters. The molecule has 0 aromatic heterocycles. The second-order valence-corrected chi connectivity index (χ2v) is 19.7. The maximum absolute atomic E-state index is 12.4. The summed E-state index contributed by atoms with van der Waals surface area (Å²) >= 11 is 15.3. The van der Waals surface area contributed by atoms with Crippen LogP contribution in [-0.2, 0) is 50.1 Å². The second-order valence-electron chi connectivity index (χ2n) is 18.3. The first-order valence-electron chi connectivity index (χ1n) is 23.0. The summed E-state index contributed by atoms with van der Waals surface area (Å²) in [4.78, 5) is 61.4. The third-order valence-corrected chi connectivity index (χ3v) is 11.2. The smallest absolute Gasteiger partial charge is 1.00 e. The number of carbonyl (C=O) groups is 5. The van der Waals surface area contributed by atoms with E-state index in [1.165, 1.54) is 19.8 Å². The Morgan fingerprint density at radius 3 is 1.47 bits per heavy atom. The van der Waals surface area contributed by atoms with Gasteiger partial charge in [0.1, 0.15) is 11.2 Å². The van der Waals surface area contributed by atoms with Gasteiger partial charge in [0.2, 0.25) is 0 Å². The zero-order valence-corrected chi connectivity index (χ0v) is 59.6. The average Bonchev–Trinajstić information content (AvgIpc) is 3.33. The number of nitrogens with one attached hydrogen (secondary N) is 3. The number of fused-ring (bicyclic) bond motifs is 2. The first kappa shape index (κ1) is 80.6. The minimum atomic E-state index is -0.600. The van der Waals surface area contributed by atoms with Gasteiger partial charge in [0.05, 0.1) is 38.4 Å². The van der Waals surface area contributed by atoms with Crippen LogP contribution in [0.2, 0.25) is 10.0 Å². The van der Waals surface area contributed by atoms with Crippen molar-refractivity contribution in [3.8, 4) is 0 Å². The maximum Gasteiger partial charge on any atom is 1.00 e. The predicted molar refractivity (Wildman–Crippen MR) is 300 cm³/mol. The quantitative estimate of drug-likeness (QED) is 0.0209. The van der Waals surface area contributed by atoms with Crippen molar-refractivity contribution < 1.29 is 211 Å². The first-order valence-corrected chi connectivity index (χ1v) is 24.9. The van der Waals surface area contributed by atoms with Crippen LogP contribution in [0.1, 0.15) is 88.2 Å². The molecule has 410 valence electrons. The molecule has 78 heavy (non-hydrogen) atoms. The van der Waals surface area contributed by atoms with E-state index >= 15 is 0 Å². The van der Waals surface area contributed by atoms with Gasteiger partial charge < -0.3 is 64.7 Å². The molecule has 0 spiro atoms. The number of methoxy groups -OCH3 is 2. The van der Waals surface area contributed by atoms with Crippen molar-refractivity contribution in [2.75, 3.05) is 35.1 Å². The third-order valence-electron chi connectivity index (χ3n) is 10.1. The number of esters is 2. The maximum atomic E-state index is 12.4. The van der Waals surface area contributed by atoms with E-state index in [1.54, 1.807) is 0 Å². The van der Waals surface area contributed by atoms with E-state index in [1.807, 2.05) is 177 Å². The molecule has 0 bridgehead atoms. The zero-order valence-electron chi connectivity index (χ0n) is 47.1. The SMILES string of the molecule is C.COC(=O)C[C@H](C)N(Cc1cccc(Cl)c1)c1ccc(NC(=O)OC(C)(C)C)c2ccccc12.COC(=O)C[C@H](C)Nc1ccc(NC(=O)OC(C)(C)C)c2ccccc12.Clc1cccc(CBr)c1.O=CO[O-].[H-].[I-].[K+].[K+].[Na+]. The molecular formula is C56H69BrCl2IK2N4NaO11. The molecule has 0 aliphatic rings. The molecule has 2 amide bonds. The van der Waals surface area contributed by atoms with Gasteiger partial charge in [0.25, 0.3) is 6.47 Å². The van der Waals surface area contributed by atoms with E-state index in [-0.39, 0.29) is 208 Å². The van der Waals surface area contributed by atoms with Gasteiger partial charge in [0.15, 0.2) is 0 Å². The molecule has 15 nitrogen and oxygen atoms in total. The summed E-state index contributed by atoms with van der Waals surface area (Å²) in [6.07, 6.45) is -0.519. The number of amides is 2. The van der Waals surface area contributed by atoms with E-state index in [2.05, 4.69) is 41.7 Å². The van der Waals surface area contributed by atoms with Crippen molar-refractivity contribution in [3.05, 3.63) is 142 Å². The summed E-state index contributed by atoms with van der Waals surface area (Å²) in [6.45, 7) is 15.2. The standard InChI is InChI=1S/C27H31ClN2O4.C20H26N2O4.C7H6BrCl.CH2O3.CH4.HI.2K.Na.H/c1-18(15-25(31)33-5)30(17-19-9-8-10-20(28)16-19)24-14-13-23(21-11-6-7-12-22(21)24)29-26(32)34-27(2,3)4;1-13(12-18(23)25-5)21-16-10-11-17(15-9-7-6-8-14(15)16)22-19(24)26-20(2,3)4;8-5-6-2-1-3-7(9)4-6;2-1-4-3;;;;;;/h6-14,16,18H,15,17H2,1-5H3,(H,29,32);6-11,13,21H,12H2,1-5H3,(H,22,24);1-4H,5H2;1,3H;1H4;1H;;;;/q;;;;;;3*+1;-1/p-2/t18-;13-;;;;;;;;/m00......../s1. The van der Waals surface area contributed by atoms with E-state index in [0.29, 0.717) is 22.9 Å². The number of benzene rings is 6. The fraction of sp³-hybridized carbons (Fsp3) is 0.339. The molecule has 0 saturated carbocycles. The Bertz CT molecular complexity index is 2800. The van der Waals surface area contributed by atoms with E-state index in [0.717, 1.165) is 48.8 Å². The van der Waals surface area contributed by atoms with Gasteiger partial charge in [0, 0.05) is 66.9 Å². The second kappa shape index (κ2) is 41.4. The average molecular weight is 1350 g/mol. The summed E-state index contributed by atoms with van der Waals surface area (Å²) in [5, 5.41) is 23.4. The largest absolute Gasteiger partial charge is 1.00 e. The Balaban J connectivity index is -0.000000554. The van der Waals surface area contributed by atoms with Crippen molar-refractivity contribution >= 4 is 114 Å². The van der Waals surface area contributed by atoms with E-state index in [4.69, 9.17) is 52.2 Å². The molecule has 6 aromatic rings. The number of nitrogens with zero attached hydrogens (tertiary/aromatic N) is 1. The summed E-state index contributed by atoms with van der Waals surface area (Å²) < 4.78 is 20.4. The number of anilines is 4. The number of hydrogen-bond acceptors (Lipinski definition) is 13. The predicted octanol–water partition coefficient (Wildman–Crippen LogP) is 1.78. The molecule has 0 unspecified atom stereocenters. The van der Waals surface area contributed by atoms with E-state index in [9.17, 15) is 19.2 Å². The summed E-state index contributed by atoms with van der Waals surface area (Å²) in [7, 11) is 2.77. The number of alkyl halides is 1. The summed E-state index contributed by atoms with van der Waals surface area (Å²) in [6, 6.07) is 38.3. The van der Waals surface area contributed by atoms with Gasteiger partial charge in [-0.2, -0.15) is 0 Å². The monoisotopic (exact) mass is 1350 g/mol. The number of halogens is 4. The van der Waals surface area contributed by atoms with Gasteiger partial charge in [-0.05, 0) is 115 Å². The Labute approximate surface area is 604 Å². The number of hydrogen-bond donors (Lipinski definition) is 3. The van der Waals surface area contributed by atoms with E-state index < -0.39 is 23.4 Å². The molecule has 0 radical (unpaired) electrons. The fourth-order valence-electron chi connectivity index (χ4n) is 7.02. The van der Waals surface area contributed by atoms with Crippen LogP contribution in [0.15, 0.2) is 121 Å². The van der Waals surface area contributed by atoms with Crippen LogP contribution in [0, 0.1) is 0 Å². The summed E-state index contributed by atoms with van der Waals surface area (Å²) in [5.41, 5.74) is 4.19. The Morgan fingerprint density at radius 2 is 1.05 bits per heavy atom. The van der Waals surface area contributed by atoms with Crippen molar-refractivity contribution in [3.63, 3.8) is 0 Å². The third kappa shape index (κ3) is 30.1. The van der Waals surface area contributed by atoms with Crippen LogP contribution in [-0.4, -0.2) is 68.1 Å². The molecule has 3 N–H and O–H groups in total. The van der Waals surface area contributed by atoms with Crippen molar-refractivity contribution in [1.29, 1.82) is 0 Å².